The number of hydrogen-bond acceptors (Lipinski definition) is 9. The van der Waals surface area contributed by atoms with Crippen molar-refractivity contribution >= 4 is 33.2 Å². The van der Waals surface area contributed by atoms with Gasteiger partial charge < -0.3 is 19.5 Å². The van der Waals surface area contributed by atoms with E-state index in [9.17, 15) is 13.2 Å². The average molecular weight is 473 g/mol. The van der Waals surface area contributed by atoms with Crippen molar-refractivity contribution < 1.29 is 22.5 Å². The van der Waals surface area contributed by atoms with Crippen molar-refractivity contribution in [2.24, 2.45) is 0 Å². The molecule has 0 spiro atoms. The van der Waals surface area contributed by atoms with Crippen LogP contribution in [0.5, 0.6) is 0 Å². The van der Waals surface area contributed by atoms with Crippen molar-refractivity contribution in [2.75, 3.05) is 41.5 Å². The second-order valence-corrected chi connectivity index (χ2v) is 9.91. The predicted octanol–water partition coefficient (Wildman–Crippen LogP) is 2.55. The molecule has 0 aliphatic carbocycles. The monoisotopic (exact) mass is 472 g/mol. The second-order valence-electron chi connectivity index (χ2n) is 7.77. The molecule has 2 N–H and O–H groups in total. The fraction of sp³-hybridized carbons (Fsp3) is 0.333. The molecule has 1 saturated heterocycles. The number of carbonyl (C=O) groups is 1. The minimum atomic E-state index is -3.28. The van der Waals surface area contributed by atoms with Gasteiger partial charge in [-0.15, -0.1) is 0 Å². The van der Waals surface area contributed by atoms with Crippen molar-refractivity contribution in [1.82, 2.24) is 15.1 Å². The Kier molecular flexibility index (Phi) is 6.56. The van der Waals surface area contributed by atoms with E-state index in [2.05, 4.69) is 30.2 Å². The maximum atomic E-state index is 12.1. The van der Waals surface area contributed by atoms with Gasteiger partial charge in [-0.3, -0.25) is 5.32 Å². The summed E-state index contributed by atoms with van der Waals surface area (Å²) in [7, 11) is -3.28. The summed E-state index contributed by atoms with van der Waals surface area (Å²) in [4.78, 5) is 23.3. The number of carbonyl (C=O) groups excluding carboxylic acids is 1. The largest absolute Gasteiger partial charge is 0.377 e. The van der Waals surface area contributed by atoms with Crippen LogP contribution in [0, 0.1) is 0 Å². The lowest BCUT2D eigenvalue weighted by Crippen LogP contribution is -2.44. The van der Waals surface area contributed by atoms with Gasteiger partial charge in [-0.05, 0) is 31.2 Å². The molecule has 1 aromatic carbocycles. The molecule has 3 heterocycles. The molecule has 174 valence electrons. The number of nitrogens with one attached hydrogen (secondary N) is 2. The summed E-state index contributed by atoms with van der Waals surface area (Å²) in [6, 6.07) is 9.82. The molecular formula is C21H24N6O5S. The molecule has 2 amide bonds. The second kappa shape index (κ2) is 9.55. The molecule has 0 radical (unpaired) electrons. The Morgan fingerprint density at radius 2 is 1.97 bits per heavy atom. The van der Waals surface area contributed by atoms with Gasteiger partial charge in [-0.2, -0.15) is 0 Å². The maximum absolute atomic E-state index is 12.1. The van der Waals surface area contributed by atoms with E-state index in [1.807, 2.05) is 6.92 Å². The highest BCUT2D eigenvalue weighted by Crippen LogP contribution is 2.25. The zero-order valence-electron chi connectivity index (χ0n) is 18.2. The van der Waals surface area contributed by atoms with Crippen molar-refractivity contribution in [3.05, 3.63) is 48.4 Å². The summed E-state index contributed by atoms with van der Waals surface area (Å²) >= 11 is 0. The van der Waals surface area contributed by atoms with Gasteiger partial charge >= 0.3 is 6.03 Å². The first-order valence-electron chi connectivity index (χ1n) is 10.3. The number of nitrogens with zero attached hydrogens (tertiary/aromatic N) is 4. The van der Waals surface area contributed by atoms with E-state index in [-0.39, 0.29) is 11.8 Å². The lowest BCUT2D eigenvalue weighted by molar-refractivity contribution is 0.0985. The van der Waals surface area contributed by atoms with Crippen molar-refractivity contribution in [3.63, 3.8) is 0 Å². The fourth-order valence-corrected chi connectivity index (χ4v) is 4.11. The van der Waals surface area contributed by atoms with Crippen molar-refractivity contribution in [3.8, 4) is 11.4 Å². The summed E-state index contributed by atoms with van der Waals surface area (Å²) in [6.07, 6.45) is 2.53. The van der Waals surface area contributed by atoms with Gasteiger partial charge in [-0.1, -0.05) is 5.16 Å². The van der Waals surface area contributed by atoms with Crippen LogP contribution in [0.3, 0.4) is 0 Å². The number of urea groups is 1. The molecule has 0 bridgehead atoms. The smallest absolute Gasteiger partial charge is 0.324 e. The maximum Gasteiger partial charge on any atom is 0.324 e. The SMILES string of the molecule is C[C@H]1COCCN1c1cc(CS(C)(=O)=O)nc(-c2ccc(NC(=O)Nc3ccon3)cc2)n1. The van der Waals surface area contributed by atoms with Crippen LogP contribution in [-0.4, -0.2) is 61.6 Å². The predicted molar refractivity (Wildman–Crippen MR) is 123 cm³/mol. The highest BCUT2D eigenvalue weighted by molar-refractivity contribution is 7.89. The Bertz CT molecular complexity index is 1210. The lowest BCUT2D eigenvalue weighted by atomic mass is 10.2. The van der Waals surface area contributed by atoms with Gasteiger partial charge in [0.15, 0.2) is 21.5 Å². The van der Waals surface area contributed by atoms with E-state index < -0.39 is 15.9 Å². The minimum absolute atomic E-state index is 0.0994. The first kappa shape index (κ1) is 22.7. The molecule has 33 heavy (non-hydrogen) atoms. The topological polar surface area (TPSA) is 140 Å². The van der Waals surface area contributed by atoms with E-state index in [0.717, 1.165) is 0 Å². The Balaban J connectivity index is 1.58. The third-order valence-electron chi connectivity index (χ3n) is 4.92. The number of aromatic nitrogens is 3. The summed E-state index contributed by atoms with van der Waals surface area (Å²) in [5.41, 5.74) is 1.66. The third-order valence-corrected chi connectivity index (χ3v) is 5.74. The van der Waals surface area contributed by atoms with Crippen LogP contribution in [0.25, 0.3) is 11.4 Å². The standard InChI is InChI=1S/C21H24N6O5S/c1-14-12-31-10-8-27(14)19-11-17(13-33(2,29)30)22-20(25-19)15-3-5-16(6-4-15)23-21(28)24-18-7-9-32-26-18/h3-7,9,11,14H,8,10,12-13H2,1-2H3,(H2,23,24,26,28)/t14-/m0/s1. The minimum Gasteiger partial charge on any atom is -0.377 e. The van der Waals surface area contributed by atoms with Gasteiger partial charge in [0.05, 0.1) is 30.7 Å². The average Bonchev–Trinajstić information content (AvgIpc) is 3.26. The molecule has 11 nitrogen and oxygen atoms in total. The van der Waals surface area contributed by atoms with Gasteiger partial charge in [-0.25, -0.2) is 23.2 Å². The molecule has 4 rings (SSSR count). The summed E-state index contributed by atoms with van der Waals surface area (Å²) in [6.45, 7) is 3.82. The Morgan fingerprint density at radius 3 is 2.64 bits per heavy atom. The van der Waals surface area contributed by atoms with Gasteiger partial charge in [0.2, 0.25) is 0 Å². The van der Waals surface area contributed by atoms with Gasteiger partial charge in [0, 0.05) is 36.2 Å². The number of hydrogen-bond donors (Lipinski definition) is 2. The molecule has 12 heteroatoms. The van der Waals surface area contributed by atoms with E-state index in [1.165, 1.54) is 18.6 Å². The summed E-state index contributed by atoms with van der Waals surface area (Å²) < 4.78 is 34.0. The first-order chi connectivity index (χ1) is 15.8. The number of rotatable bonds is 6. The summed E-state index contributed by atoms with van der Waals surface area (Å²) in [5, 5.41) is 8.86. The normalized spacial score (nSPS) is 16.4. The quantitative estimate of drug-likeness (QED) is 0.554. The van der Waals surface area contributed by atoms with Crippen LogP contribution in [0.2, 0.25) is 0 Å². The Labute approximate surface area is 191 Å². The molecule has 3 aromatic rings. The lowest BCUT2D eigenvalue weighted by Gasteiger charge is -2.34. The van der Waals surface area contributed by atoms with Crippen LogP contribution in [0.15, 0.2) is 47.2 Å². The number of amides is 2. The molecule has 1 aliphatic heterocycles. The number of ether oxygens (including phenoxy) is 1. The van der Waals surface area contributed by atoms with Crippen LogP contribution in [-0.2, 0) is 20.3 Å². The van der Waals surface area contributed by atoms with Crippen molar-refractivity contribution in [1.29, 1.82) is 0 Å². The zero-order chi connectivity index (χ0) is 23.4. The highest BCUT2D eigenvalue weighted by Gasteiger charge is 2.22. The van der Waals surface area contributed by atoms with Gasteiger partial charge in [0.1, 0.15) is 12.1 Å². The van der Waals surface area contributed by atoms with E-state index in [0.29, 0.717) is 54.2 Å². The number of morpholine rings is 1. The highest BCUT2D eigenvalue weighted by atomic mass is 32.2. The van der Waals surface area contributed by atoms with E-state index in [4.69, 9.17) is 9.72 Å². The van der Waals surface area contributed by atoms with Crippen LogP contribution in [0.1, 0.15) is 12.6 Å². The van der Waals surface area contributed by atoms with Crippen LogP contribution >= 0.6 is 0 Å². The fourth-order valence-electron chi connectivity index (χ4n) is 3.43. The van der Waals surface area contributed by atoms with Crippen LogP contribution in [0.4, 0.5) is 22.1 Å². The molecule has 1 fully saturated rings. The van der Waals surface area contributed by atoms with E-state index >= 15 is 0 Å². The molecule has 0 saturated carbocycles. The third kappa shape index (κ3) is 6.05. The molecule has 2 aromatic heterocycles. The first-order valence-corrected chi connectivity index (χ1v) is 12.3. The van der Waals surface area contributed by atoms with Gasteiger partial charge in [0.25, 0.3) is 0 Å². The van der Waals surface area contributed by atoms with Crippen molar-refractivity contribution in [2.45, 2.75) is 18.7 Å². The Hall–Kier alpha value is -3.51. The number of anilines is 3. The molecular weight excluding hydrogens is 448 g/mol. The zero-order valence-corrected chi connectivity index (χ0v) is 19.0. The Morgan fingerprint density at radius 1 is 1.18 bits per heavy atom. The number of benzene rings is 1. The molecule has 1 atom stereocenters. The molecule has 0 unspecified atom stereocenters. The molecule has 1 aliphatic rings. The summed E-state index contributed by atoms with van der Waals surface area (Å²) in [5.74, 6) is 1.17. The van der Waals surface area contributed by atoms with Crippen LogP contribution < -0.4 is 15.5 Å². The number of sulfone groups is 1. The van der Waals surface area contributed by atoms with E-state index in [1.54, 1.807) is 30.3 Å².